The highest BCUT2D eigenvalue weighted by Gasteiger charge is 2.34. The molecule has 0 amide bonds. The number of halogens is 1. The minimum atomic E-state index is -3.60. The van der Waals surface area contributed by atoms with E-state index >= 15 is 0 Å². The minimum Gasteiger partial charge on any atom is -0.207 e. The van der Waals surface area contributed by atoms with Gasteiger partial charge in [-0.1, -0.05) is 41.2 Å². The number of piperidine rings is 1. The van der Waals surface area contributed by atoms with Gasteiger partial charge in [-0.2, -0.15) is 4.31 Å². The van der Waals surface area contributed by atoms with E-state index in [1.165, 1.54) is 17.4 Å². The predicted molar refractivity (Wildman–Crippen MR) is 117 cm³/mol. The first-order valence-electron chi connectivity index (χ1n) is 9.93. The second-order valence-electron chi connectivity index (χ2n) is 7.86. The van der Waals surface area contributed by atoms with Crippen molar-refractivity contribution in [1.82, 2.24) is 14.5 Å². The molecule has 2 aromatic carbocycles. The van der Waals surface area contributed by atoms with E-state index in [2.05, 4.69) is 10.2 Å². The van der Waals surface area contributed by atoms with Crippen molar-refractivity contribution >= 4 is 21.4 Å². The molecule has 2 heterocycles. The van der Waals surface area contributed by atoms with E-state index in [4.69, 9.17) is 0 Å². The first-order valence-corrected chi connectivity index (χ1v) is 12.2. The quantitative estimate of drug-likeness (QED) is 0.577. The summed E-state index contributed by atoms with van der Waals surface area (Å²) in [5.41, 5.74) is 3.02. The normalized spacial score (nSPS) is 17.9. The lowest BCUT2D eigenvalue weighted by Gasteiger charge is -2.31. The maximum atomic E-state index is 14.1. The Balaban J connectivity index is 1.61. The third-order valence-corrected chi connectivity index (χ3v) is 8.77. The van der Waals surface area contributed by atoms with Crippen molar-refractivity contribution in [2.75, 3.05) is 13.1 Å². The van der Waals surface area contributed by atoms with Gasteiger partial charge in [-0.15, -0.1) is 10.2 Å². The number of hydrogen-bond donors (Lipinski definition) is 0. The van der Waals surface area contributed by atoms with E-state index < -0.39 is 10.0 Å². The fraction of sp³-hybridized carbons (Fsp3) is 0.364. The van der Waals surface area contributed by atoms with Crippen LogP contribution in [-0.4, -0.2) is 36.0 Å². The summed E-state index contributed by atoms with van der Waals surface area (Å²) in [5.74, 6) is -0.379. The van der Waals surface area contributed by atoms with E-state index in [1.807, 2.05) is 32.9 Å². The average Bonchev–Trinajstić information content (AvgIpc) is 3.17. The molecule has 5 nitrogen and oxygen atoms in total. The third-order valence-electron chi connectivity index (χ3n) is 5.48. The van der Waals surface area contributed by atoms with Gasteiger partial charge >= 0.3 is 0 Å². The molecular weight excluding hydrogens is 421 g/mol. The highest BCUT2D eigenvalue weighted by atomic mass is 32.2. The summed E-state index contributed by atoms with van der Waals surface area (Å²) in [5, 5.41) is 9.72. The van der Waals surface area contributed by atoms with E-state index in [1.54, 1.807) is 22.5 Å². The van der Waals surface area contributed by atoms with Crippen LogP contribution in [0, 0.1) is 26.6 Å². The molecule has 0 saturated carbocycles. The summed E-state index contributed by atoms with van der Waals surface area (Å²) in [6.45, 7) is 6.51. The average molecular weight is 446 g/mol. The molecule has 1 unspecified atom stereocenters. The van der Waals surface area contributed by atoms with Crippen LogP contribution in [0.15, 0.2) is 41.3 Å². The van der Waals surface area contributed by atoms with Crippen LogP contribution in [0.2, 0.25) is 0 Å². The molecule has 1 aliphatic heterocycles. The van der Waals surface area contributed by atoms with Crippen LogP contribution >= 0.6 is 11.3 Å². The summed E-state index contributed by atoms with van der Waals surface area (Å²) in [6.07, 6.45) is 1.59. The molecular formula is C22H24FN3O2S2. The minimum absolute atomic E-state index is 0.0439. The van der Waals surface area contributed by atoms with Crippen molar-refractivity contribution in [1.29, 1.82) is 0 Å². The van der Waals surface area contributed by atoms with Crippen molar-refractivity contribution in [2.45, 2.75) is 44.4 Å². The lowest BCUT2D eigenvalue weighted by molar-refractivity contribution is 0.314. The van der Waals surface area contributed by atoms with E-state index in [-0.39, 0.29) is 11.7 Å². The molecule has 1 saturated heterocycles. The topological polar surface area (TPSA) is 63.2 Å². The molecule has 0 bridgehead atoms. The smallest absolute Gasteiger partial charge is 0.207 e. The zero-order valence-corrected chi connectivity index (χ0v) is 18.9. The Morgan fingerprint density at radius 2 is 1.80 bits per heavy atom. The first kappa shape index (κ1) is 21.1. The van der Waals surface area contributed by atoms with Crippen molar-refractivity contribution in [2.24, 2.45) is 0 Å². The van der Waals surface area contributed by atoms with Gasteiger partial charge < -0.3 is 0 Å². The molecule has 158 valence electrons. The maximum Gasteiger partial charge on any atom is 0.243 e. The monoisotopic (exact) mass is 445 g/mol. The van der Waals surface area contributed by atoms with Crippen molar-refractivity contribution in [3.05, 3.63) is 63.9 Å². The lowest BCUT2D eigenvalue weighted by atomic mass is 10.0. The maximum absolute atomic E-state index is 14.1. The molecule has 1 aliphatic rings. The Morgan fingerprint density at radius 3 is 2.50 bits per heavy atom. The summed E-state index contributed by atoms with van der Waals surface area (Å²) >= 11 is 1.34. The van der Waals surface area contributed by atoms with Gasteiger partial charge in [0.2, 0.25) is 10.0 Å². The van der Waals surface area contributed by atoms with E-state index in [0.29, 0.717) is 28.6 Å². The largest absolute Gasteiger partial charge is 0.243 e. The Kier molecular flexibility index (Phi) is 5.74. The highest BCUT2D eigenvalue weighted by molar-refractivity contribution is 7.89. The van der Waals surface area contributed by atoms with Gasteiger partial charge in [0.25, 0.3) is 0 Å². The summed E-state index contributed by atoms with van der Waals surface area (Å²) < 4.78 is 42.5. The van der Waals surface area contributed by atoms with Gasteiger partial charge in [-0.3, -0.25) is 0 Å². The number of nitrogens with zero attached hydrogens (tertiary/aromatic N) is 3. The highest BCUT2D eigenvalue weighted by Crippen LogP contribution is 2.36. The molecule has 30 heavy (non-hydrogen) atoms. The van der Waals surface area contributed by atoms with Gasteiger partial charge in [-0.25, -0.2) is 12.8 Å². The fourth-order valence-corrected chi connectivity index (χ4v) is 7.14. The molecule has 1 atom stereocenters. The van der Waals surface area contributed by atoms with Crippen molar-refractivity contribution in [3.8, 4) is 10.6 Å². The Hall–Kier alpha value is -2.16. The number of aryl methyl sites for hydroxylation is 3. The molecule has 3 aromatic rings. The SMILES string of the molecule is Cc1cc(C)c(S(=O)(=O)N2CCCC(c3nnc(-c4ccccc4F)s3)C2)c(C)c1. The van der Waals surface area contributed by atoms with Crippen molar-refractivity contribution < 1.29 is 12.8 Å². The lowest BCUT2D eigenvalue weighted by Crippen LogP contribution is -2.39. The molecule has 0 spiro atoms. The molecule has 0 radical (unpaired) electrons. The zero-order chi connectivity index (χ0) is 21.5. The van der Waals surface area contributed by atoms with E-state index in [9.17, 15) is 12.8 Å². The van der Waals surface area contributed by atoms with Crippen molar-refractivity contribution in [3.63, 3.8) is 0 Å². The third kappa shape index (κ3) is 3.91. The van der Waals surface area contributed by atoms with Gasteiger partial charge in [-0.05, 0) is 56.9 Å². The van der Waals surface area contributed by atoms with Crippen LogP contribution in [0.3, 0.4) is 0 Å². The number of aromatic nitrogens is 2. The summed E-state index contributed by atoms with van der Waals surface area (Å²) in [7, 11) is -3.60. The zero-order valence-electron chi connectivity index (χ0n) is 17.2. The summed E-state index contributed by atoms with van der Waals surface area (Å²) in [6, 6.07) is 10.3. The number of sulfonamides is 1. The van der Waals surface area contributed by atoms with Crippen LogP contribution in [0.25, 0.3) is 10.6 Å². The fourth-order valence-electron chi connectivity index (χ4n) is 4.21. The number of benzene rings is 2. The second-order valence-corrected chi connectivity index (χ2v) is 10.7. The first-order chi connectivity index (χ1) is 14.3. The molecule has 0 aliphatic carbocycles. The summed E-state index contributed by atoms with van der Waals surface area (Å²) in [4.78, 5) is 0.401. The van der Waals surface area contributed by atoms with Crippen LogP contribution in [0.1, 0.15) is 40.5 Å². The standard InChI is InChI=1S/C22H24FN3O2S2/c1-14-11-15(2)20(16(3)12-14)30(27,28)26-10-6-7-17(13-26)21-24-25-22(29-21)18-8-4-5-9-19(18)23/h4-5,8-9,11-12,17H,6-7,10,13H2,1-3H3. The van der Waals surface area contributed by atoms with E-state index in [0.717, 1.165) is 34.5 Å². The number of rotatable bonds is 4. The van der Waals surface area contributed by atoms with Crippen LogP contribution in [0.5, 0.6) is 0 Å². The Morgan fingerprint density at radius 1 is 1.10 bits per heavy atom. The van der Waals surface area contributed by atoms with Crippen LogP contribution in [0.4, 0.5) is 4.39 Å². The second kappa shape index (κ2) is 8.17. The molecule has 1 aromatic heterocycles. The van der Waals surface area contributed by atoms with Gasteiger partial charge in [0.15, 0.2) is 5.01 Å². The number of hydrogen-bond acceptors (Lipinski definition) is 5. The molecule has 1 fully saturated rings. The molecule has 4 rings (SSSR count). The van der Waals surface area contributed by atoms with Gasteiger partial charge in [0, 0.05) is 24.6 Å². The molecule has 8 heteroatoms. The Labute approximate surface area is 180 Å². The van der Waals surface area contributed by atoms with Gasteiger partial charge in [0.05, 0.1) is 4.90 Å². The predicted octanol–water partition coefficient (Wildman–Crippen LogP) is 4.84. The van der Waals surface area contributed by atoms with Crippen LogP contribution in [-0.2, 0) is 10.0 Å². The van der Waals surface area contributed by atoms with Crippen LogP contribution < -0.4 is 0 Å². The molecule has 0 N–H and O–H groups in total. The Bertz CT molecular complexity index is 1170. The van der Waals surface area contributed by atoms with Gasteiger partial charge in [0.1, 0.15) is 10.8 Å².